The number of halogens is 1. The molecule has 0 fully saturated rings. The van der Waals surface area contributed by atoms with Gasteiger partial charge in [0.15, 0.2) is 5.96 Å². The van der Waals surface area contributed by atoms with Crippen LogP contribution in [0.2, 0.25) is 0 Å². The average Bonchev–Trinajstić information content (AvgIpc) is 2.84. The molecule has 0 radical (unpaired) electrons. The highest BCUT2D eigenvalue weighted by molar-refractivity contribution is 14.0. The zero-order valence-corrected chi connectivity index (χ0v) is 16.8. The van der Waals surface area contributed by atoms with E-state index in [1.54, 1.807) is 11.3 Å². The fourth-order valence-electron chi connectivity index (χ4n) is 1.75. The van der Waals surface area contributed by atoms with Crippen molar-refractivity contribution in [2.24, 2.45) is 4.99 Å². The molecule has 0 aliphatic carbocycles. The Morgan fingerprint density at radius 1 is 1.38 bits per heavy atom. The molecule has 2 N–H and O–H groups in total. The molecule has 1 rings (SSSR count). The van der Waals surface area contributed by atoms with Crippen LogP contribution in [0.5, 0.6) is 0 Å². The summed E-state index contributed by atoms with van der Waals surface area (Å²) in [6.07, 6.45) is 4.44. The van der Waals surface area contributed by atoms with E-state index in [9.17, 15) is 0 Å². The maximum atomic E-state index is 4.62. The van der Waals surface area contributed by atoms with E-state index < -0.39 is 0 Å². The number of rotatable bonds is 8. The van der Waals surface area contributed by atoms with Gasteiger partial charge >= 0.3 is 0 Å². The van der Waals surface area contributed by atoms with Crippen LogP contribution in [0.25, 0.3) is 0 Å². The molecule has 122 valence electrons. The van der Waals surface area contributed by atoms with E-state index in [2.05, 4.69) is 46.8 Å². The topological polar surface area (TPSA) is 49.3 Å². The van der Waals surface area contributed by atoms with Crippen molar-refractivity contribution in [3.8, 4) is 0 Å². The Bertz CT molecular complexity index is 406. The Kier molecular flexibility index (Phi) is 12.0. The monoisotopic (exact) mass is 424 g/mol. The Morgan fingerprint density at radius 2 is 2.14 bits per heavy atom. The van der Waals surface area contributed by atoms with Crippen LogP contribution in [0, 0.1) is 6.92 Å². The molecule has 0 bridgehead atoms. The predicted octanol–water partition coefficient (Wildman–Crippen LogP) is 3.75. The van der Waals surface area contributed by atoms with Gasteiger partial charge in [0.2, 0.25) is 0 Å². The molecule has 1 unspecified atom stereocenters. The van der Waals surface area contributed by atoms with Gasteiger partial charge in [0.05, 0.1) is 5.01 Å². The third-order valence-electron chi connectivity index (χ3n) is 3.07. The highest BCUT2D eigenvalue weighted by Gasteiger charge is 2.02. The van der Waals surface area contributed by atoms with Crippen molar-refractivity contribution in [2.75, 3.05) is 13.1 Å². The van der Waals surface area contributed by atoms with Crippen molar-refractivity contribution in [1.29, 1.82) is 0 Å². The molecule has 21 heavy (non-hydrogen) atoms. The normalized spacial score (nSPS) is 12.7. The summed E-state index contributed by atoms with van der Waals surface area (Å²) in [5, 5.41) is 10.1. The Morgan fingerprint density at radius 3 is 2.71 bits per heavy atom. The molecule has 1 atom stereocenters. The van der Waals surface area contributed by atoms with Gasteiger partial charge in [0.25, 0.3) is 0 Å². The second kappa shape index (κ2) is 12.2. The first kappa shape index (κ1) is 20.6. The lowest BCUT2D eigenvalue weighted by Crippen LogP contribution is -2.42. The van der Waals surface area contributed by atoms with Crippen molar-refractivity contribution in [3.05, 3.63) is 16.1 Å². The maximum absolute atomic E-state index is 4.62. The number of hydrogen-bond donors (Lipinski definition) is 2. The lowest BCUT2D eigenvalue weighted by molar-refractivity contribution is 0.622. The van der Waals surface area contributed by atoms with Crippen molar-refractivity contribution < 1.29 is 0 Å². The van der Waals surface area contributed by atoms with Gasteiger partial charge in [0.1, 0.15) is 0 Å². The molecule has 6 heteroatoms. The summed E-state index contributed by atoms with van der Waals surface area (Å²) in [5.74, 6) is 0.937. The van der Waals surface area contributed by atoms with E-state index >= 15 is 0 Å². The third kappa shape index (κ3) is 9.29. The minimum Gasteiger partial charge on any atom is -0.357 e. The summed E-state index contributed by atoms with van der Waals surface area (Å²) >= 11 is 1.76. The summed E-state index contributed by atoms with van der Waals surface area (Å²) < 4.78 is 0. The molecule has 0 aliphatic heterocycles. The van der Waals surface area contributed by atoms with Crippen LogP contribution < -0.4 is 10.6 Å². The largest absolute Gasteiger partial charge is 0.357 e. The highest BCUT2D eigenvalue weighted by atomic mass is 127. The van der Waals surface area contributed by atoms with Gasteiger partial charge in [-0.1, -0.05) is 6.92 Å². The number of nitrogens with zero attached hydrogens (tertiary/aromatic N) is 2. The fraction of sp³-hybridized carbons (Fsp3) is 0.733. The molecule has 1 aromatic heterocycles. The van der Waals surface area contributed by atoms with Crippen molar-refractivity contribution >= 4 is 41.3 Å². The summed E-state index contributed by atoms with van der Waals surface area (Å²) in [4.78, 5) is 9.10. The molecule has 0 spiro atoms. The molecular formula is C15H29IN4S. The number of hydrogen-bond acceptors (Lipinski definition) is 3. The van der Waals surface area contributed by atoms with Crippen molar-refractivity contribution in [1.82, 2.24) is 15.6 Å². The number of unbranched alkanes of at least 4 members (excludes halogenated alkanes) is 1. The summed E-state index contributed by atoms with van der Waals surface area (Å²) in [5.41, 5.74) is 1.13. The quantitative estimate of drug-likeness (QED) is 0.289. The van der Waals surface area contributed by atoms with Gasteiger partial charge in [-0.15, -0.1) is 35.3 Å². The smallest absolute Gasteiger partial charge is 0.191 e. The van der Waals surface area contributed by atoms with E-state index in [4.69, 9.17) is 0 Å². The van der Waals surface area contributed by atoms with Crippen LogP contribution in [-0.4, -0.2) is 30.1 Å². The maximum Gasteiger partial charge on any atom is 0.191 e. The molecular weight excluding hydrogens is 395 g/mol. The fourth-order valence-corrected chi connectivity index (χ4v) is 2.57. The summed E-state index contributed by atoms with van der Waals surface area (Å²) in [7, 11) is 0. The molecule has 0 saturated heterocycles. The molecule has 0 saturated carbocycles. The number of aryl methyl sites for hydroxylation is 2. The van der Waals surface area contributed by atoms with Gasteiger partial charge in [-0.3, -0.25) is 4.99 Å². The molecule has 0 aromatic carbocycles. The first-order valence-corrected chi connectivity index (χ1v) is 8.49. The molecule has 0 amide bonds. The van der Waals surface area contributed by atoms with E-state index in [1.807, 2.05) is 6.92 Å². The number of thiazole rings is 1. The zero-order chi connectivity index (χ0) is 14.8. The van der Waals surface area contributed by atoms with Crippen LogP contribution >= 0.6 is 35.3 Å². The lowest BCUT2D eigenvalue weighted by atomic mass is 10.2. The first-order valence-electron chi connectivity index (χ1n) is 7.61. The van der Waals surface area contributed by atoms with Crippen LogP contribution in [0.3, 0.4) is 0 Å². The number of guanidine groups is 1. The Labute approximate surface area is 150 Å². The average molecular weight is 424 g/mol. The second-order valence-corrected chi connectivity index (χ2v) is 6.00. The minimum absolute atomic E-state index is 0. The van der Waals surface area contributed by atoms with Gasteiger partial charge in [-0.2, -0.15) is 0 Å². The summed E-state index contributed by atoms with van der Waals surface area (Å²) in [6, 6.07) is 0.464. The zero-order valence-electron chi connectivity index (χ0n) is 13.6. The molecule has 1 heterocycles. The van der Waals surface area contributed by atoms with Crippen LogP contribution in [-0.2, 0) is 6.42 Å². The van der Waals surface area contributed by atoms with Crippen LogP contribution in [0.4, 0.5) is 0 Å². The number of aromatic nitrogens is 1. The van der Waals surface area contributed by atoms with E-state index in [-0.39, 0.29) is 24.0 Å². The molecule has 1 aromatic rings. The number of nitrogens with one attached hydrogen (secondary N) is 2. The first-order chi connectivity index (χ1) is 9.65. The van der Waals surface area contributed by atoms with Crippen LogP contribution in [0.1, 0.15) is 50.7 Å². The van der Waals surface area contributed by atoms with Gasteiger partial charge in [0, 0.05) is 30.2 Å². The second-order valence-electron chi connectivity index (χ2n) is 5.05. The SMILES string of the molecule is CCNC(=NCCCCc1nc(C)cs1)NC(C)CC.I. The van der Waals surface area contributed by atoms with Gasteiger partial charge in [-0.25, -0.2) is 4.98 Å². The lowest BCUT2D eigenvalue weighted by Gasteiger charge is -2.16. The number of aliphatic imine (C=N–C) groups is 1. The third-order valence-corrected chi connectivity index (χ3v) is 4.10. The Hall–Kier alpha value is -0.370. The van der Waals surface area contributed by atoms with Gasteiger partial charge < -0.3 is 10.6 Å². The van der Waals surface area contributed by atoms with Gasteiger partial charge in [-0.05, 0) is 46.5 Å². The van der Waals surface area contributed by atoms with E-state index in [0.29, 0.717) is 6.04 Å². The Balaban J connectivity index is 0.00000400. The summed E-state index contributed by atoms with van der Waals surface area (Å²) in [6.45, 7) is 10.3. The van der Waals surface area contributed by atoms with Crippen LogP contribution in [0.15, 0.2) is 10.4 Å². The van der Waals surface area contributed by atoms with Crippen molar-refractivity contribution in [3.63, 3.8) is 0 Å². The molecule has 0 aliphatic rings. The minimum atomic E-state index is 0. The van der Waals surface area contributed by atoms with E-state index in [1.165, 1.54) is 5.01 Å². The van der Waals surface area contributed by atoms with Crippen molar-refractivity contribution in [2.45, 2.75) is 59.4 Å². The van der Waals surface area contributed by atoms with E-state index in [0.717, 1.165) is 50.4 Å². The highest BCUT2D eigenvalue weighted by Crippen LogP contribution is 2.11. The predicted molar refractivity (Wildman–Crippen MR) is 104 cm³/mol. The standard InChI is InChI=1S/C15H28N4S.HI/c1-5-12(3)19-15(16-6-2)17-10-8-7-9-14-18-13(4)11-20-14;/h11-12H,5-10H2,1-4H3,(H2,16,17,19);1H. The molecule has 4 nitrogen and oxygen atoms in total.